The van der Waals surface area contributed by atoms with Crippen molar-refractivity contribution >= 4 is 5.97 Å². The van der Waals surface area contributed by atoms with Crippen LogP contribution in [0.4, 0.5) is 4.39 Å². The van der Waals surface area contributed by atoms with Crippen LogP contribution in [0.25, 0.3) is 11.3 Å². The van der Waals surface area contributed by atoms with Gasteiger partial charge in [-0.1, -0.05) is 6.07 Å². The van der Waals surface area contributed by atoms with E-state index in [0.29, 0.717) is 16.8 Å². The number of carboxylic acids is 1. The summed E-state index contributed by atoms with van der Waals surface area (Å²) >= 11 is 0. The molecule has 2 rings (SSSR count). The summed E-state index contributed by atoms with van der Waals surface area (Å²) in [6.45, 7) is 0. The fraction of sp³-hybridized carbons (Fsp3) is 0.167. The van der Waals surface area contributed by atoms with Crippen molar-refractivity contribution in [3.8, 4) is 11.3 Å². The maximum Gasteiger partial charge on any atom is 0.307 e. The van der Waals surface area contributed by atoms with Crippen LogP contribution < -0.4 is 0 Å². The fourth-order valence-corrected chi connectivity index (χ4v) is 1.61. The third-order valence-corrected chi connectivity index (χ3v) is 2.38. The molecule has 4 nitrogen and oxygen atoms in total. The second kappa shape index (κ2) is 4.37. The van der Waals surface area contributed by atoms with E-state index in [1.165, 1.54) is 18.2 Å². The number of carbonyl (C=O) groups is 1. The molecule has 1 aromatic carbocycles. The molecule has 1 aromatic heterocycles. The minimum absolute atomic E-state index is 0.125. The highest BCUT2D eigenvalue weighted by Gasteiger charge is 2.10. The Labute approximate surface area is 97.3 Å². The van der Waals surface area contributed by atoms with E-state index < -0.39 is 11.8 Å². The number of hydrogen-bond donors (Lipinski definition) is 1. The van der Waals surface area contributed by atoms with Crippen LogP contribution in [-0.2, 0) is 18.3 Å². The topological polar surface area (TPSA) is 55.1 Å². The van der Waals surface area contributed by atoms with E-state index in [1.54, 1.807) is 24.0 Å². The van der Waals surface area contributed by atoms with Gasteiger partial charge in [-0.15, -0.1) is 0 Å². The van der Waals surface area contributed by atoms with Crippen LogP contribution >= 0.6 is 0 Å². The van der Waals surface area contributed by atoms with Crippen LogP contribution in [0.15, 0.2) is 30.5 Å². The molecule has 1 N–H and O–H groups in total. The van der Waals surface area contributed by atoms with Gasteiger partial charge in [0.1, 0.15) is 5.82 Å². The monoisotopic (exact) mass is 234 g/mol. The molecule has 0 bridgehead atoms. The van der Waals surface area contributed by atoms with Gasteiger partial charge in [0.2, 0.25) is 0 Å². The Morgan fingerprint density at radius 3 is 2.82 bits per heavy atom. The zero-order chi connectivity index (χ0) is 12.4. The number of carboxylic acid groups (broad SMARTS) is 1. The van der Waals surface area contributed by atoms with E-state index in [4.69, 9.17) is 5.11 Å². The van der Waals surface area contributed by atoms with Gasteiger partial charge in [-0.05, 0) is 23.8 Å². The molecular formula is C12H11FN2O2. The standard InChI is InChI=1S/C12H11FN2O2/c1-15-5-4-11(14-15)9-6-8(7-12(16)17)2-3-10(9)13/h2-6H,7H2,1H3,(H,16,17). The van der Waals surface area contributed by atoms with Crippen molar-refractivity contribution < 1.29 is 14.3 Å². The van der Waals surface area contributed by atoms with Crippen LogP contribution in [0.1, 0.15) is 5.56 Å². The largest absolute Gasteiger partial charge is 0.481 e. The van der Waals surface area contributed by atoms with Gasteiger partial charge in [0.15, 0.2) is 0 Å². The van der Waals surface area contributed by atoms with E-state index in [9.17, 15) is 9.18 Å². The molecule has 0 amide bonds. The van der Waals surface area contributed by atoms with Crippen LogP contribution in [-0.4, -0.2) is 20.9 Å². The summed E-state index contributed by atoms with van der Waals surface area (Å²) in [6.07, 6.45) is 1.58. The van der Waals surface area contributed by atoms with Crippen molar-refractivity contribution in [3.05, 3.63) is 41.8 Å². The predicted octanol–water partition coefficient (Wildman–Crippen LogP) is 1.85. The Morgan fingerprint density at radius 1 is 1.47 bits per heavy atom. The van der Waals surface area contributed by atoms with Crippen molar-refractivity contribution in [2.45, 2.75) is 6.42 Å². The van der Waals surface area contributed by atoms with Gasteiger partial charge >= 0.3 is 5.97 Å². The van der Waals surface area contributed by atoms with Crippen molar-refractivity contribution in [2.75, 3.05) is 0 Å². The summed E-state index contributed by atoms with van der Waals surface area (Å²) in [7, 11) is 1.74. The third-order valence-electron chi connectivity index (χ3n) is 2.38. The average molecular weight is 234 g/mol. The maximum atomic E-state index is 13.6. The summed E-state index contributed by atoms with van der Waals surface area (Å²) in [5.74, 6) is -1.35. The lowest BCUT2D eigenvalue weighted by Gasteiger charge is -2.03. The average Bonchev–Trinajstić information content (AvgIpc) is 2.67. The molecule has 1 heterocycles. The normalized spacial score (nSPS) is 10.5. The fourth-order valence-electron chi connectivity index (χ4n) is 1.61. The molecule has 0 atom stereocenters. The first-order chi connectivity index (χ1) is 8.06. The van der Waals surface area contributed by atoms with Crippen LogP contribution in [0, 0.1) is 5.82 Å². The number of nitrogens with zero attached hydrogens (tertiary/aromatic N) is 2. The van der Waals surface area contributed by atoms with E-state index in [0.717, 1.165) is 0 Å². The lowest BCUT2D eigenvalue weighted by molar-refractivity contribution is -0.136. The Bertz CT molecular complexity index is 563. The molecule has 0 spiro atoms. The molecule has 0 radical (unpaired) electrons. The smallest absolute Gasteiger partial charge is 0.307 e. The second-order valence-electron chi connectivity index (χ2n) is 3.76. The zero-order valence-electron chi connectivity index (χ0n) is 9.22. The summed E-state index contributed by atoms with van der Waals surface area (Å²) < 4.78 is 15.2. The lowest BCUT2D eigenvalue weighted by Crippen LogP contribution is -2.01. The highest BCUT2D eigenvalue weighted by Crippen LogP contribution is 2.22. The van der Waals surface area contributed by atoms with Crippen molar-refractivity contribution in [2.24, 2.45) is 7.05 Å². The highest BCUT2D eigenvalue weighted by atomic mass is 19.1. The summed E-state index contributed by atoms with van der Waals surface area (Å²) in [5, 5.41) is 12.8. The molecule has 17 heavy (non-hydrogen) atoms. The summed E-state index contributed by atoms with van der Waals surface area (Å²) in [5.41, 5.74) is 1.38. The molecule has 0 saturated heterocycles. The number of aryl methyl sites for hydroxylation is 1. The first-order valence-corrected chi connectivity index (χ1v) is 5.06. The van der Waals surface area contributed by atoms with E-state index in [1.807, 2.05) is 0 Å². The van der Waals surface area contributed by atoms with Crippen molar-refractivity contribution in [1.82, 2.24) is 9.78 Å². The highest BCUT2D eigenvalue weighted by molar-refractivity contribution is 5.71. The zero-order valence-corrected chi connectivity index (χ0v) is 9.22. The molecule has 5 heteroatoms. The Balaban J connectivity index is 2.42. The Kier molecular flexibility index (Phi) is 2.91. The van der Waals surface area contributed by atoms with E-state index in [-0.39, 0.29) is 6.42 Å². The van der Waals surface area contributed by atoms with Crippen LogP contribution in [0.5, 0.6) is 0 Å². The molecule has 0 unspecified atom stereocenters. The Hall–Kier alpha value is -2.17. The SMILES string of the molecule is Cn1ccc(-c2cc(CC(=O)O)ccc2F)n1. The van der Waals surface area contributed by atoms with Gasteiger partial charge in [-0.3, -0.25) is 9.48 Å². The Morgan fingerprint density at radius 2 is 2.24 bits per heavy atom. The first-order valence-electron chi connectivity index (χ1n) is 5.06. The van der Waals surface area contributed by atoms with Crippen molar-refractivity contribution in [3.63, 3.8) is 0 Å². The maximum absolute atomic E-state index is 13.6. The third kappa shape index (κ3) is 2.50. The van der Waals surface area contributed by atoms with Gasteiger partial charge in [-0.25, -0.2) is 4.39 Å². The number of aromatic nitrogens is 2. The van der Waals surface area contributed by atoms with Gasteiger partial charge in [0.05, 0.1) is 12.1 Å². The summed E-state index contributed by atoms with van der Waals surface area (Å²) in [6, 6.07) is 5.94. The van der Waals surface area contributed by atoms with Crippen LogP contribution in [0.2, 0.25) is 0 Å². The number of aliphatic carboxylic acids is 1. The van der Waals surface area contributed by atoms with E-state index >= 15 is 0 Å². The van der Waals surface area contributed by atoms with Gasteiger partial charge in [0, 0.05) is 18.8 Å². The van der Waals surface area contributed by atoms with Gasteiger partial charge < -0.3 is 5.11 Å². The summed E-state index contributed by atoms with van der Waals surface area (Å²) in [4.78, 5) is 10.6. The molecule has 0 fully saturated rings. The minimum Gasteiger partial charge on any atom is -0.481 e. The number of halogens is 1. The van der Waals surface area contributed by atoms with E-state index in [2.05, 4.69) is 5.10 Å². The number of benzene rings is 1. The minimum atomic E-state index is -0.941. The molecule has 0 saturated carbocycles. The van der Waals surface area contributed by atoms with Crippen molar-refractivity contribution in [1.29, 1.82) is 0 Å². The second-order valence-corrected chi connectivity index (χ2v) is 3.76. The number of rotatable bonds is 3. The van der Waals surface area contributed by atoms with Crippen LogP contribution in [0.3, 0.4) is 0 Å². The molecular weight excluding hydrogens is 223 g/mol. The quantitative estimate of drug-likeness (QED) is 0.881. The predicted molar refractivity (Wildman–Crippen MR) is 59.9 cm³/mol. The molecule has 0 aliphatic carbocycles. The molecule has 2 aromatic rings. The van der Waals surface area contributed by atoms with Gasteiger partial charge in [-0.2, -0.15) is 5.10 Å². The first kappa shape index (κ1) is 11.3. The van der Waals surface area contributed by atoms with Gasteiger partial charge in [0.25, 0.3) is 0 Å². The lowest BCUT2D eigenvalue weighted by atomic mass is 10.1. The number of hydrogen-bond acceptors (Lipinski definition) is 2. The molecule has 0 aliphatic rings. The molecule has 0 aliphatic heterocycles. The molecule has 88 valence electrons.